The zero-order valence-corrected chi connectivity index (χ0v) is 17.7. The van der Waals surface area contributed by atoms with E-state index >= 15 is 0 Å². The fourth-order valence-corrected chi connectivity index (χ4v) is 3.61. The van der Waals surface area contributed by atoms with Gasteiger partial charge in [0, 0.05) is 33.2 Å². The summed E-state index contributed by atoms with van der Waals surface area (Å²) in [5.41, 5.74) is 0.819. The zero-order valence-electron chi connectivity index (χ0n) is 16.1. The van der Waals surface area contributed by atoms with Gasteiger partial charge in [0.2, 0.25) is 5.91 Å². The van der Waals surface area contributed by atoms with Gasteiger partial charge in [-0.1, -0.05) is 0 Å². The molecule has 0 bridgehead atoms. The van der Waals surface area contributed by atoms with E-state index in [2.05, 4.69) is 0 Å². The van der Waals surface area contributed by atoms with E-state index < -0.39 is 18.1 Å². The minimum Gasteiger partial charge on any atom is -0.474 e. The number of amides is 2. The molecule has 2 amide bonds. The summed E-state index contributed by atoms with van der Waals surface area (Å²) in [6, 6.07) is 4.62. The van der Waals surface area contributed by atoms with Crippen LogP contribution in [-0.4, -0.2) is 86.0 Å². The van der Waals surface area contributed by atoms with Crippen LogP contribution >= 0.6 is 23.8 Å². The van der Waals surface area contributed by atoms with Crippen molar-refractivity contribution in [2.45, 2.75) is 6.23 Å². The van der Waals surface area contributed by atoms with Crippen LogP contribution in [0.25, 0.3) is 0 Å². The highest BCUT2D eigenvalue weighted by Gasteiger charge is 2.36. The molecule has 2 heterocycles. The van der Waals surface area contributed by atoms with Crippen LogP contribution in [0.3, 0.4) is 0 Å². The highest BCUT2D eigenvalue weighted by Crippen LogP contribution is 2.29. The van der Waals surface area contributed by atoms with Gasteiger partial charge in [0.1, 0.15) is 11.7 Å². The van der Waals surface area contributed by atoms with Gasteiger partial charge in [-0.15, -0.1) is 11.6 Å². The second kappa shape index (κ2) is 9.00. The van der Waals surface area contributed by atoms with Gasteiger partial charge < -0.3 is 19.3 Å². The molecule has 2 fully saturated rings. The van der Waals surface area contributed by atoms with Gasteiger partial charge in [-0.3, -0.25) is 14.6 Å². The van der Waals surface area contributed by atoms with Crippen LogP contribution in [0.2, 0.25) is 0 Å². The van der Waals surface area contributed by atoms with E-state index in [0.717, 1.165) is 0 Å². The van der Waals surface area contributed by atoms with E-state index in [-0.39, 0.29) is 23.5 Å². The summed E-state index contributed by atoms with van der Waals surface area (Å²) >= 11 is 10.6. The third-order valence-corrected chi connectivity index (χ3v) is 5.70. The van der Waals surface area contributed by atoms with Crippen LogP contribution in [0.4, 0.5) is 20.6 Å². The SMILES string of the molecule is COC(=S)N(C)C1CN(c2ccc(N3CCN(C(=O)CCl)CC3)c(F)c2)C(=O)O1. The van der Waals surface area contributed by atoms with E-state index in [1.807, 2.05) is 4.90 Å². The normalized spacial score (nSPS) is 19.2. The lowest BCUT2D eigenvalue weighted by Gasteiger charge is -2.36. The molecule has 0 aliphatic carbocycles. The predicted molar refractivity (Wildman–Crippen MR) is 111 cm³/mol. The number of anilines is 2. The Labute approximate surface area is 178 Å². The zero-order chi connectivity index (χ0) is 21.1. The molecule has 1 aromatic rings. The molecule has 29 heavy (non-hydrogen) atoms. The van der Waals surface area contributed by atoms with Crippen LogP contribution in [0.1, 0.15) is 0 Å². The number of alkyl halides is 1. The summed E-state index contributed by atoms with van der Waals surface area (Å²) in [4.78, 5) is 30.3. The summed E-state index contributed by atoms with van der Waals surface area (Å²) in [7, 11) is 3.10. The Morgan fingerprint density at radius 3 is 2.66 bits per heavy atom. The van der Waals surface area contributed by atoms with Crippen molar-refractivity contribution in [1.82, 2.24) is 9.80 Å². The number of benzene rings is 1. The fraction of sp³-hybridized carbons (Fsp3) is 0.500. The lowest BCUT2D eigenvalue weighted by atomic mass is 10.2. The molecule has 0 N–H and O–H groups in total. The first-order valence-electron chi connectivity index (χ1n) is 9.03. The Balaban J connectivity index is 1.68. The molecule has 0 spiro atoms. The van der Waals surface area contributed by atoms with Crippen LogP contribution in [0.15, 0.2) is 18.2 Å². The molecule has 11 heteroatoms. The number of thiocarbonyl (C=S) groups is 1. The van der Waals surface area contributed by atoms with Gasteiger partial charge in [0.05, 0.1) is 25.0 Å². The molecular weight excluding hydrogens is 423 g/mol. The number of hydrogen-bond acceptors (Lipinski definition) is 6. The molecule has 3 rings (SSSR count). The maximum atomic E-state index is 14.8. The summed E-state index contributed by atoms with van der Waals surface area (Å²) in [6.07, 6.45) is -1.20. The molecule has 0 radical (unpaired) electrons. The quantitative estimate of drug-likeness (QED) is 0.518. The standard InChI is InChI=1S/C18H22ClFN4O4S/c1-21(18(29)27-2)16-11-24(17(26)28-16)12-3-4-14(13(20)9-12)22-5-7-23(8-6-22)15(25)10-19/h3-4,9,16H,5-8,10-11H2,1-2H3. The van der Waals surface area contributed by atoms with Crippen molar-refractivity contribution in [3.63, 3.8) is 0 Å². The molecule has 0 saturated carbocycles. The summed E-state index contributed by atoms with van der Waals surface area (Å²) in [5.74, 6) is -0.626. The van der Waals surface area contributed by atoms with E-state index in [1.54, 1.807) is 24.1 Å². The van der Waals surface area contributed by atoms with E-state index in [4.69, 9.17) is 33.3 Å². The molecule has 2 saturated heterocycles. The van der Waals surface area contributed by atoms with Gasteiger partial charge in [0.15, 0.2) is 6.23 Å². The van der Waals surface area contributed by atoms with Crippen molar-refractivity contribution >= 4 is 52.4 Å². The molecule has 8 nitrogen and oxygen atoms in total. The Morgan fingerprint density at radius 2 is 2.07 bits per heavy atom. The summed E-state index contributed by atoms with van der Waals surface area (Å²) in [5, 5.41) is 0.193. The number of halogens is 2. The molecule has 158 valence electrons. The maximum Gasteiger partial charge on any atom is 0.416 e. The molecule has 1 atom stereocenters. The topological polar surface area (TPSA) is 65.6 Å². The van der Waals surface area contributed by atoms with Crippen molar-refractivity contribution in [2.24, 2.45) is 0 Å². The number of carbonyl (C=O) groups is 2. The van der Waals surface area contributed by atoms with Crippen molar-refractivity contribution in [3.05, 3.63) is 24.0 Å². The second-order valence-electron chi connectivity index (χ2n) is 6.67. The minimum absolute atomic E-state index is 0.0553. The Morgan fingerprint density at radius 1 is 1.38 bits per heavy atom. The molecule has 2 aliphatic heterocycles. The Bertz CT molecular complexity index is 806. The number of hydrogen-bond donors (Lipinski definition) is 0. The van der Waals surface area contributed by atoms with Crippen molar-refractivity contribution < 1.29 is 23.5 Å². The first kappa shape index (κ1) is 21.4. The first-order chi connectivity index (χ1) is 13.8. The number of carbonyl (C=O) groups excluding carboxylic acids is 2. The highest BCUT2D eigenvalue weighted by molar-refractivity contribution is 7.80. The fourth-order valence-electron chi connectivity index (χ4n) is 3.32. The summed E-state index contributed by atoms with van der Waals surface area (Å²) in [6.45, 7) is 2.17. The van der Waals surface area contributed by atoms with E-state index in [0.29, 0.717) is 37.6 Å². The van der Waals surface area contributed by atoms with Crippen molar-refractivity contribution in [3.8, 4) is 0 Å². The van der Waals surface area contributed by atoms with Crippen LogP contribution in [0, 0.1) is 5.82 Å². The number of ether oxygens (including phenoxy) is 2. The highest BCUT2D eigenvalue weighted by atomic mass is 35.5. The molecule has 1 aromatic carbocycles. The van der Waals surface area contributed by atoms with Crippen LogP contribution < -0.4 is 9.80 Å². The third-order valence-electron chi connectivity index (χ3n) is 5.02. The minimum atomic E-state index is -0.620. The van der Waals surface area contributed by atoms with Gasteiger partial charge >= 0.3 is 6.09 Å². The monoisotopic (exact) mass is 444 g/mol. The number of methoxy groups -OCH3 is 1. The number of nitrogens with zero attached hydrogens (tertiary/aromatic N) is 4. The summed E-state index contributed by atoms with van der Waals surface area (Å²) < 4.78 is 25.1. The van der Waals surface area contributed by atoms with Gasteiger partial charge in [-0.2, -0.15) is 0 Å². The number of likely N-dealkylation sites (N-methyl/N-ethyl adjacent to an activating group) is 1. The number of cyclic esters (lactones) is 1. The average Bonchev–Trinajstić information content (AvgIpc) is 3.13. The van der Waals surface area contributed by atoms with E-state index in [1.165, 1.54) is 23.0 Å². The smallest absolute Gasteiger partial charge is 0.416 e. The van der Waals surface area contributed by atoms with Gasteiger partial charge in [-0.25, -0.2) is 9.18 Å². The van der Waals surface area contributed by atoms with E-state index in [9.17, 15) is 14.0 Å². The molecule has 0 aromatic heterocycles. The van der Waals surface area contributed by atoms with Crippen LogP contribution in [-0.2, 0) is 14.3 Å². The first-order valence-corrected chi connectivity index (χ1v) is 9.97. The molecule has 1 unspecified atom stereocenters. The van der Waals surface area contributed by atoms with Crippen LogP contribution in [0.5, 0.6) is 0 Å². The largest absolute Gasteiger partial charge is 0.474 e. The van der Waals surface area contributed by atoms with Crippen molar-refractivity contribution in [1.29, 1.82) is 0 Å². The second-order valence-corrected chi connectivity index (χ2v) is 7.28. The Hall–Kier alpha value is -2.33. The predicted octanol–water partition coefficient (Wildman–Crippen LogP) is 1.86. The Kier molecular flexibility index (Phi) is 6.63. The maximum absolute atomic E-state index is 14.8. The third kappa shape index (κ3) is 4.48. The lowest BCUT2D eigenvalue weighted by Crippen LogP contribution is -2.49. The molecule has 2 aliphatic rings. The average molecular weight is 445 g/mol. The molecular formula is C18H22ClFN4O4S. The number of piperazine rings is 1. The van der Waals surface area contributed by atoms with Gasteiger partial charge in [-0.05, 0) is 30.4 Å². The number of rotatable bonds is 4. The van der Waals surface area contributed by atoms with Gasteiger partial charge in [0.25, 0.3) is 5.17 Å². The van der Waals surface area contributed by atoms with Crippen molar-refractivity contribution in [2.75, 3.05) is 62.6 Å². The lowest BCUT2D eigenvalue weighted by molar-refractivity contribution is -0.128.